The van der Waals surface area contributed by atoms with Crippen LogP contribution in [0.2, 0.25) is 0 Å². The lowest BCUT2D eigenvalue weighted by atomic mass is 9.76. The Morgan fingerprint density at radius 3 is 2.00 bits per heavy atom. The summed E-state index contributed by atoms with van der Waals surface area (Å²) in [4.78, 5) is 12.0. The minimum atomic E-state index is -0.141. The van der Waals surface area contributed by atoms with Crippen molar-refractivity contribution in [1.29, 1.82) is 0 Å². The average molecular weight is 212 g/mol. The van der Waals surface area contributed by atoms with Crippen molar-refractivity contribution in [3.63, 3.8) is 0 Å². The molecule has 0 spiro atoms. The molecule has 0 aromatic heterocycles. The van der Waals surface area contributed by atoms with Crippen molar-refractivity contribution in [1.82, 2.24) is 0 Å². The summed E-state index contributed by atoms with van der Waals surface area (Å²) in [6.45, 7) is 12.9. The van der Waals surface area contributed by atoms with Gasteiger partial charge in [0.2, 0.25) is 0 Å². The minimum Gasteiger partial charge on any atom is -0.299 e. The van der Waals surface area contributed by atoms with Crippen LogP contribution in [0, 0.1) is 17.3 Å². The molecular formula is C14H28O. The molecule has 0 fully saturated rings. The fourth-order valence-corrected chi connectivity index (χ4v) is 1.48. The van der Waals surface area contributed by atoms with E-state index in [1.54, 1.807) is 0 Å². The second-order valence-electron chi connectivity index (χ2n) is 5.94. The highest BCUT2D eigenvalue weighted by Crippen LogP contribution is 2.29. The van der Waals surface area contributed by atoms with Crippen molar-refractivity contribution in [2.45, 2.75) is 67.2 Å². The Morgan fingerprint density at radius 1 is 1.07 bits per heavy atom. The molecule has 0 rings (SSSR count). The van der Waals surface area contributed by atoms with Gasteiger partial charge in [0.15, 0.2) is 0 Å². The van der Waals surface area contributed by atoms with Crippen molar-refractivity contribution in [3.05, 3.63) is 0 Å². The van der Waals surface area contributed by atoms with Crippen LogP contribution in [0.25, 0.3) is 0 Å². The molecule has 90 valence electrons. The van der Waals surface area contributed by atoms with E-state index in [0.717, 1.165) is 18.8 Å². The molecule has 1 nitrogen and oxygen atoms in total. The second kappa shape index (κ2) is 6.30. The number of rotatable bonds is 7. The molecule has 0 saturated carbocycles. The number of carbonyl (C=O) groups is 1. The molecule has 0 unspecified atom stereocenters. The van der Waals surface area contributed by atoms with Crippen molar-refractivity contribution in [2.75, 3.05) is 0 Å². The van der Waals surface area contributed by atoms with E-state index in [2.05, 4.69) is 41.5 Å². The van der Waals surface area contributed by atoms with Gasteiger partial charge in [-0.15, -0.1) is 0 Å². The maximum atomic E-state index is 12.0. The fraction of sp³-hybridized carbons (Fsp3) is 0.929. The third kappa shape index (κ3) is 5.34. The third-order valence-electron chi connectivity index (χ3n) is 3.60. The van der Waals surface area contributed by atoms with Gasteiger partial charge in [-0.3, -0.25) is 4.79 Å². The van der Waals surface area contributed by atoms with Crippen LogP contribution < -0.4 is 0 Å². The molecule has 0 saturated heterocycles. The lowest BCUT2D eigenvalue weighted by Gasteiger charge is -2.27. The summed E-state index contributed by atoms with van der Waals surface area (Å²) in [5.41, 5.74) is -0.141. The van der Waals surface area contributed by atoms with Gasteiger partial charge in [0.1, 0.15) is 5.78 Å². The molecule has 0 atom stereocenters. The van der Waals surface area contributed by atoms with E-state index in [1.165, 1.54) is 12.8 Å². The van der Waals surface area contributed by atoms with E-state index in [4.69, 9.17) is 0 Å². The van der Waals surface area contributed by atoms with Gasteiger partial charge in [0.25, 0.3) is 0 Å². The predicted molar refractivity (Wildman–Crippen MR) is 66.9 cm³/mol. The zero-order valence-electron chi connectivity index (χ0n) is 11.4. The highest BCUT2D eigenvalue weighted by molar-refractivity contribution is 5.84. The van der Waals surface area contributed by atoms with Crippen molar-refractivity contribution in [2.24, 2.45) is 17.3 Å². The molecule has 0 N–H and O–H groups in total. The summed E-state index contributed by atoms with van der Waals surface area (Å²) in [6, 6.07) is 0. The average Bonchev–Trinajstić information content (AvgIpc) is 2.11. The molecular weight excluding hydrogens is 184 g/mol. The highest BCUT2D eigenvalue weighted by atomic mass is 16.1. The van der Waals surface area contributed by atoms with E-state index >= 15 is 0 Å². The van der Waals surface area contributed by atoms with E-state index in [0.29, 0.717) is 11.7 Å². The fourth-order valence-electron chi connectivity index (χ4n) is 1.48. The molecule has 0 radical (unpaired) electrons. The van der Waals surface area contributed by atoms with Crippen LogP contribution in [0.3, 0.4) is 0 Å². The molecule has 0 aliphatic carbocycles. The monoisotopic (exact) mass is 212 g/mol. The van der Waals surface area contributed by atoms with Crippen molar-refractivity contribution >= 4 is 5.78 Å². The molecule has 0 heterocycles. The number of hydrogen-bond donors (Lipinski definition) is 0. The Bertz CT molecular complexity index is 190. The topological polar surface area (TPSA) is 17.1 Å². The summed E-state index contributed by atoms with van der Waals surface area (Å²) in [5.74, 6) is 1.63. The van der Waals surface area contributed by atoms with E-state index in [9.17, 15) is 4.79 Å². The maximum Gasteiger partial charge on any atom is 0.138 e. The Labute approximate surface area is 95.6 Å². The first kappa shape index (κ1) is 14.7. The number of hydrogen-bond acceptors (Lipinski definition) is 1. The van der Waals surface area contributed by atoms with Gasteiger partial charge in [-0.2, -0.15) is 0 Å². The molecule has 0 bridgehead atoms. The molecule has 0 aromatic carbocycles. The van der Waals surface area contributed by atoms with Crippen LogP contribution in [0.5, 0.6) is 0 Å². The quantitative estimate of drug-likeness (QED) is 0.570. The first-order valence-corrected chi connectivity index (χ1v) is 6.31. The summed E-state index contributed by atoms with van der Waals surface area (Å²) < 4.78 is 0. The van der Waals surface area contributed by atoms with E-state index in [1.807, 2.05) is 0 Å². The standard InChI is InChI=1S/C14H28O/c1-11(2)9-7-8-10-13(15)14(5,6)12(3)4/h11-12H,7-10H2,1-6H3. The van der Waals surface area contributed by atoms with Gasteiger partial charge < -0.3 is 0 Å². The maximum absolute atomic E-state index is 12.0. The van der Waals surface area contributed by atoms with Crippen LogP contribution in [0.1, 0.15) is 67.2 Å². The summed E-state index contributed by atoms with van der Waals surface area (Å²) in [6.07, 6.45) is 4.26. The van der Waals surface area contributed by atoms with Gasteiger partial charge in [-0.25, -0.2) is 0 Å². The predicted octanol–water partition coefficient (Wildman–Crippen LogP) is 4.45. The van der Waals surface area contributed by atoms with Gasteiger partial charge in [-0.1, -0.05) is 54.4 Å². The molecule has 0 aliphatic rings. The molecule has 0 aromatic rings. The van der Waals surface area contributed by atoms with Gasteiger partial charge in [0, 0.05) is 11.8 Å². The number of Topliss-reactive ketones (excluding diaryl/α,β-unsaturated/α-hetero) is 1. The van der Waals surface area contributed by atoms with Crippen LogP contribution in [-0.4, -0.2) is 5.78 Å². The minimum absolute atomic E-state index is 0.141. The van der Waals surface area contributed by atoms with E-state index < -0.39 is 0 Å². The summed E-state index contributed by atoms with van der Waals surface area (Å²) >= 11 is 0. The normalized spacial score (nSPS) is 12.5. The highest BCUT2D eigenvalue weighted by Gasteiger charge is 2.29. The molecule has 15 heavy (non-hydrogen) atoms. The summed E-state index contributed by atoms with van der Waals surface area (Å²) in [7, 11) is 0. The smallest absolute Gasteiger partial charge is 0.138 e. The second-order valence-corrected chi connectivity index (χ2v) is 5.94. The number of carbonyl (C=O) groups excluding carboxylic acids is 1. The number of ketones is 1. The van der Waals surface area contributed by atoms with Crippen LogP contribution in [0.15, 0.2) is 0 Å². The van der Waals surface area contributed by atoms with E-state index in [-0.39, 0.29) is 5.41 Å². The SMILES string of the molecule is CC(C)CCCCC(=O)C(C)(C)C(C)C. The van der Waals surface area contributed by atoms with Crippen LogP contribution >= 0.6 is 0 Å². The Kier molecular flexibility index (Phi) is 6.16. The summed E-state index contributed by atoms with van der Waals surface area (Å²) in [5, 5.41) is 0. The molecule has 1 heteroatoms. The zero-order valence-corrected chi connectivity index (χ0v) is 11.4. The van der Waals surface area contributed by atoms with Crippen molar-refractivity contribution in [3.8, 4) is 0 Å². The van der Waals surface area contributed by atoms with Crippen molar-refractivity contribution < 1.29 is 4.79 Å². The molecule has 0 amide bonds. The zero-order chi connectivity index (χ0) is 12.1. The largest absolute Gasteiger partial charge is 0.299 e. The first-order valence-electron chi connectivity index (χ1n) is 6.31. The van der Waals surface area contributed by atoms with Gasteiger partial charge in [-0.05, 0) is 18.3 Å². The van der Waals surface area contributed by atoms with Crippen LogP contribution in [-0.2, 0) is 4.79 Å². The number of unbranched alkanes of at least 4 members (excludes halogenated alkanes) is 1. The first-order chi connectivity index (χ1) is 6.78. The Balaban J connectivity index is 3.84. The van der Waals surface area contributed by atoms with Crippen LogP contribution in [0.4, 0.5) is 0 Å². The Morgan fingerprint density at radius 2 is 1.60 bits per heavy atom. The Hall–Kier alpha value is -0.330. The lowest BCUT2D eigenvalue weighted by molar-refractivity contribution is -0.129. The van der Waals surface area contributed by atoms with Gasteiger partial charge in [0.05, 0.1) is 0 Å². The third-order valence-corrected chi connectivity index (χ3v) is 3.60. The lowest BCUT2D eigenvalue weighted by Crippen LogP contribution is -2.29. The molecule has 0 aliphatic heterocycles. The van der Waals surface area contributed by atoms with Gasteiger partial charge >= 0.3 is 0 Å².